The van der Waals surface area contributed by atoms with E-state index in [1.807, 2.05) is 39.0 Å². The zero-order chi connectivity index (χ0) is 22.0. The van der Waals surface area contributed by atoms with E-state index < -0.39 is 6.10 Å². The van der Waals surface area contributed by atoms with Crippen LogP contribution in [-0.2, 0) is 4.79 Å². The van der Waals surface area contributed by atoms with Gasteiger partial charge in [-0.2, -0.15) is 0 Å². The van der Waals surface area contributed by atoms with Crippen LogP contribution in [0.15, 0.2) is 74.5 Å². The van der Waals surface area contributed by atoms with Gasteiger partial charge in [-0.15, -0.1) is 0 Å². The van der Waals surface area contributed by atoms with Crippen LogP contribution in [0, 0.1) is 13.8 Å². The summed E-state index contributed by atoms with van der Waals surface area (Å²) >= 11 is 0. The molecule has 0 aliphatic rings. The first-order chi connectivity index (χ1) is 15.0. The number of hydrogen-bond donors (Lipinski definition) is 1. The number of para-hydroxylation sites is 1. The van der Waals surface area contributed by atoms with Crippen molar-refractivity contribution in [1.29, 1.82) is 0 Å². The lowest BCUT2D eigenvalue weighted by Crippen LogP contribution is -2.34. The predicted molar refractivity (Wildman–Crippen MR) is 119 cm³/mol. The van der Waals surface area contributed by atoms with Gasteiger partial charge < -0.3 is 18.9 Å². The number of carbonyl (C=O) groups excluding carboxylic acids is 1. The third kappa shape index (κ3) is 4.10. The number of benzene rings is 2. The maximum atomic E-state index is 13.2. The fraction of sp³-hybridized carbons (Fsp3) is 0.200. The highest BCUT2D eigenvalue weighted by Gasteiger charge is 2.26. The Balaban J connectivity index is 1.70. The molecule has 1 N–H and O–H groups in total. The van der Waals surface area contributed by atoms with Crippen molar-refractivity contribution in [1.82, 2.24) is 0 Å². The minimum absolute atomic E-state index is 0.0456. The Bertz CT molecular complexity index is 1290. The maximum absolute atomic E-state index is 13.2. The molecule has 6 nitrogen and oxygen atoms in total. The Hall–Kier alpha value is -3.80. The van der Waals surface area contributed by atoms with Gasteiger partial charge in [-0.1, -0.05) is 25.1 Å². The number of ether oxygens (including phenoxy) is 1. The van der Waals surface area contributed by atoms with Gasteiger partial charge in [0.05, 0.1) is 11.6 Å². The lowest BCUT2D eigenvalue weighted by atomic mass is 10.1. The number of amides is 1. The number of rotatable bonds is 6. The van der Waals surface area contributed by atoms with Gasteiger partial charge in [-0.25, -0.2) is 0 Å². The molecule has 0 radical (unpaired) electrons. The van der Waals surface area contributed by atoms with Gasteiger partial charge in [0.25, 0.3) is 5.91 Å². The van der Waals surface area contributed by atoms with Crippen molar-refractivity contribution < 1.29 is 18.4 Å². The molecule has 31 heavy (non-hydrogen) atoms. The first kappa shape index (κ1) is 20.5. The molecule has 0 aliphatic carbocycles. The molecule has 0 bridgehead atoms. The van der Waals surface area contributed by atoms with Gasteiger partial charge >= 0.3 is 0 Å². The molecule has 0 saturated carbocycles. The first-order valence-electron chi connectivity index (χ1n) is 10.1. The van der Waals surface area contributed by atoms with E-state index in [0.29, 0.717) is 28.8 Å². The minimum Gasteiger partial charge on any atom is -0.473 e. The Morgan fingerprint density at radius 3 is 2.58 bits per heavy atom. The van der Waals surface area contributed by atoms with Crippen molar-refractivity contribution in [2.24, 2.45) is 0 Å². The second-order valence-electron chi connectivity index (χ2n) is 7.37. The van der Waals surface area contributed by atoms with Crippen LogP contribution in [0.5, 0.6) is 5.75 Å². The Morgan fingerprint density at radius 2 is 1.87 bits per heavy atom. The molecule has 2 aromatic carbocycles. The molecule has 0 saturated heterocycles. The van der Waals surface area contributed by atoms with Crippen molar-refractivity contribution in [2.75, 3.05) is 5.32 Å². The summed E-state index contributed by atoms with van der Waals surface area (Å²) in [7, 11) is 0. The predicted octanol–water partition coefficient (Wildman–Crippen LogP) is 5.47. The maximum Gasteiger partial charge on any atom is 0.265 e. The molecule has 2 aromatic heterocycles. The second kappa shape index (κ2) is 8.52. The van der Waals surface area contributed by atoms with Crippen molar-refractivity contribution in [3.8, 4) is 17.3 Å². The third-order valence-corrected chi connectivity index (χ3v) is 5.20. The molecule has 4 aromatic rings. The lowest BCUT2D eigenvalue weighted by molar-refractivity contribution is -0.122. The highest BCUT2D eigenvalue weighted by atomic mass is 16.5. The van der Waals surface area contributed by atoms with Gasteiger partial charge in [0, 0.05) is 5.69 Å². The number of hydrogen-bond acceptors (Lipinski definition) is 5. The van der Waals surface area contributed by atoms with Crippen LogP contribution in [0.2, 0.25) is 0 Å². The SMILES string of the molecule is CCC(Oc1c(-c2ccco2)oc2ccccc2c1=O)C(=O)Nc1ccc(C)c(C)c1. The number of furan rings is 1. The number of aryl methyl sites for hydroxylation is 2. The molecule has 0 aliphatic heterocycles. The molecule has 2 heterocycles. The summed E-state index contributed by atoms with van der Waals surface area (Å²) in [6.07, 6.45) is 0.956. The zero-order valence-electron chi connectivity index (χ0n) is 17.6. The smallest absolute Gasteiger partial charge is 0.265 e. The summed E-state index contributed by atoms with van der Waals surface area (Å²) in [5.74, 6) is 0.118. The molecule has 1 unspecified atom stereocenters. The van der Waals surface area contributed by atoms with E-state index in [1.165, 1.54) is 6.26 Å². The number of anilines is 1. The van der Waals surface area contributed by atoms with Crippen molar-refractivity contribution in [3.63, 3.8) is 0 Å². The fourth-order valence-electron chi connectivity index (χ4n) is 3.31. The quantitative estimate of drug-likeness (QED) is 0.450. The Kier molecular flexibility index (Phi) is 5.62. The topological polar surface area (TPSA) is 81.7 Å². The molecule has 0 spiro atoms. The van der Waals surface area contributed by atoms with Gasteiger partial charge in [-0.3, -0.25) is 9.59 Å². The standard InChI is InChI=1S/C25H23NO5/c1-4-19(25(28)26-17-12-11-15(2)16(3)14-17)30-24-22(27)18-8-5-6-9-20(18)31-23(24)21-10-7-13-29-21/h5-14,19H,4H2,1-3H3,(H,26,28). The fourth-order valence-corrected chi connectivity index (χ4v) is 3.31. The van der Waals surface area contributed by atoms with Crippen LogP contribution in [0.1, 0.15) is 24.5 Å². The summed E-state index contributed by atoms with van der Waals surface area (Å²) in [5.41, 5.74) is 2.94. The largest absolute Gasteiger partial charge is 0.473 e. The summed E-state index contributed by atoms with van der Waals surface area (Å²) in [6.45, 7) is 5.81. The van der Waals surface area contributed by atoms with E-state index in [1.54, 1.807) is 36.4 Å². The van der Waals surface area contributed by atoms with Gasteiger partial charge in [0.15, 0.2) is 11.9 Å². The molecular weight excluding hydrogens is 394 g/mol. The van der Waals surface area contributed by atoms with Crippen molar-refractivity contribution in [3.05, 3.63) is 82.2 Å². The number of carbonyl (C=O) groups is 1. The third-order valence-electron chi connectivity index (χ3n) is 5.20. The van der Waals surface area contributed by atoms with E-state index in [4.69, 9.17) is 13.6 Å². The van der Waals surface area contributed by atoms with Gasteiger partial charge in [-0.05, 0) is 67.8 Å². The molecule has 158 valence electrons. The van der Waals surface area contributed by atoms with Crippen molar-refractivity contribution >= 4 is 22.6 Å². The Morgan fingerprint density at radius 1 is 1.06 bits per heavy atom. The summed E-state index contributed by atoms with van der Waals surface area (Å²) in [6, 6.07) is 16.0. The summed E-state index contributed by atoms with van der Waals surface area (Å²) < 4.78 is 17.4. The molecule has 1 atom stereocenters. The normalized spacial score (nSPS) is 12.0. The highest BCUT2D eigenvalue weighted by Crippen LogP contribution is 2.32. The van der Waals surface area contributed by atoms with E-state index >= 15 is 0 Å². The minimum atomic E-state index is -0.889. The van der Waals surface area contributed by atoms with Gasteiger partial charge in [0.2, 0.25) is 16.9 Å². The van der Waals surface area contributed by atoms with Crippen LogP contribution >= 0.6 is 0 Å². The lowest BCUT2D eigenvalue weighted by Gasteiger charge is -2.18. The number of nitrogens with one attached hydrogen (secondary N) is 1. The molecular formula is C25H23NO5. The van der Waals surface area contributed by atoms with Crippen LogP contribution in [0.3, 0.4) is 0 Å². The van der Waals surface area contributed by atoms with E-state index in [9.17, 15) is 9.59 Å². The van der Waals surface area contributed by atoms with Gasteiger partial charge in [0.1, 0.15) is 5.58 Å². The summed E-state index contributed by atoms with van der Waals surface area (Å²) in [4.78, 5) is 26.1. The van der Waals surface area contributed by atoms with Crippen LogP contribution in [-0.4, -0.2) is 12.0 Å². The molecule has 4 rings (SSSR count). The Labute approximate surface area is 179 Å². The zero-order valence-corrected chi connectivity index (χ0v) is 17.6. The second-order valence-corrected chi connectivity index (χ2v) is 7.37. The highest BCUT2D eigenvalue weighted by molar-refractivity contribution is 5.94. The van der Waals surface area contributed by atoms with Crippen LogP contribution in [0.25, 0.3) is 22.5 Å². The monoisotopic (exact) mass is 417 g/mol. The average molecular weight is 417 g/mol. The van der Waals surface area contributed by atoms with Crippen molar-refractivity contribution in [2.45, 2.75) is 33.3 Å². The van der Waals surface area contributed by atoms with E-state index in [-0.39, 0.29) is 22.8 Å². The van der Waals surface area contributed by atoms with Crippen LogP contribution < -0.4 is 15.5 Å². The molecule has 6 heteroatoms. The molecule has 1 amide bonds. The average Bonchev–Trinajstić information content (AvgIpc) is 3.30. The molecule has 0 fully saturated rings. The first-order valence-corrected chi connectivity index (χ1v) is 10.1. The number of fused-ring (bicyclic) bond motifs is 1. The van der Waals surface area contributed by atoms with Crippen LogP contribution in [0.4, 0.5) is 5.69 Å². The van der Waals surface area contributed by atoms with E-state index in [0.717, 1.165) is 11.1 Å². The summed E-state index contributed by atoms with van der Waals surface area (Å²) in [5, 5.41) is 3.24. The van der Waals surface area contributed by atoms with E-state index in [2.05, 4.69) is 5.32 Å².